The summed E-state index contributed by atoms with van der Waals surface area (Å²) in [5.41, 5.74) is 6.54. The third kappa shape index (κ3) is 2.46. The van der Waals surface area contributed by atoms with Crippen LogP contribution in [0.25, 0.3) is 0 Å². The highest BCUT2D eigenvalue weighted by atomic mass is 16.7. The zero-order chi connectivity index (χ0) is 13.9. The molecule has 0 fully saturated rings. The average Bonchev–Trinajstić information content (AvgIpc) is 2.93. The number of nitrogen functional groups attached to an aromatic ring is 1. The molecule has 2 heterocycles. The van der Waals surface area contributed by atoms with E-state index in [1.807, 2.05) is 18.2 Å². The number of nitrogens with zero attached hydrogens (tertiary/aromatic N) is 2. The highest BCUT2D eigenvalue weighted by Crippen LogP contribution is 2.32. The molecule has 3 rings (SSSR count). The Morgan fingerprint density at radius 3 is 2.90 bits per heavy atom. The first kappa shape index (κ1) is 12.2. The van der Waals surface area contributed by atoms with Gasteiger partial charge in [-0.2, -0.15) is 0 Å². The summed E-state index contributed by atoms with van der Waals surface area (Å²) in [4.78, 5) is 19.6. The maximum Gasteiger partial charge on any atom is 0.271 e. The molecule has 1 aromatic heterocycles. The van der Waals surface area contributed by atoms with Crippen LogP contribution in [0.4, 0.5) is 5.82 Å². The summed E-state index contributed by atoms with van der Waals surface area (Å²) in [5, 5.41) is 2.75. The monoisotopic (exact) mass is 272 g/mol. The number of hydrogen-bond donors (Lipinski definition) is 2. The molecule has 0 spiro atoms. The number of aromatic nitrogens is 2. The number of carbonyl (C=O) groups is 1. The minimum absolute atomic E-state index is 0.222. The first-order valence-electron chi connectivity index (χ1n) is 5.96. The number of benzene rings is 1. The average molecular weight is 272 g/mol. The summed E-state index contributed by atoms with van der Waals surface area (Å²) in [6.07, 6.45) is 2.68. The quantitative estimate of drug-likeness (QED) is 0.854. The van der Waals surface area contributed by atoms with E-state index in [2.05, 4.69) is 15.3 Å². The van der Waals surface area contributed by atoms with Gasteiger partial charge in [0.25, 0.3) is 5.91 Å². The topological polar surface area (TPSA) is 99.4 Å². The second kappa shape index (κ2) is 5.04. The standard InChI is InChI=1S/C13H12N4O3/c14-12-6-15-9(5-16-12)13(18)17-4-8-1-2-10-11(3-8)20-7-19-10/h1-3,5-6H,4,7H2,(H2,14,16)(H,17,18). The smallest absolute Gasteiger partial charge is 0.271 e. The normalized spacial score (nSPS) is 12.2. The van der Waals surface area contributed by atoms with Crippen molar-refractivity contribution in [3.8, 4) is 11.5 Å². The van der Waals surface area contributed by atoms with Crippen LogP contribution >= 0.6 is 0 Å². The molecule has 7 nitrogen and oxygen atoms in total. The van der Waals surface area contributed by atoms with Crippen LogP contribution in [0.5, 0.6) is 11.5 Å². The predicted octanol–water partition coefficient (Wildman–Crippen LogP) is 0.717. The summed E-state index contributed by atoms with van der Waals surface area (Å²) in [5.74, 6) is 1.36. The van der Waals surface area contributed by atoms with Gasteiger partial charge in [-0.15, -0.1) is 0 Å². The van der Waals surface area contributed by atoms with Crippen LogP contribution < -0.4 is 20.5 Å². The Kier molecular flexibility index (Phi) is 3.08. The minimum atomic E-state index is -0.310. The molecule has 1 aromatic carbocycles. The fourth-order valence-corrected chi connectivity index (χ4v) is 1.78. The lowest BCUT2D eigenvalue weighted by molar-refractivity contribution is 0.0945. The SMILES string of the molecule is Nc1cnc(C(=O)NCc2ccc3c(c2)OCO3)cn1. The maximum atomic E-state index is 11.9. The molecule has 7 heteroatoms. The van der Waals surface area contributed by atoms with Crippen LogP contribution in [-0.2, 0) is 6.54 Å². The van der Waals surface area contributed by atoms with Crippen LogP contribution in [-0.4, -0.2) is 22.7 Å². The van der Waals surface area contributed by atoms with E-state index in [1.54, 1.807) is 0 Å². The molecule has 0 radical (unpaired) electrons. The number of ether oxygens (including phenoxy) is 2. The van der Waals surface area contributed by atoms with E-state index in [9.17, 15) is 4.79 Å². The Bertz CT molecular complexity index is 643. The number of rotatable bonds is 3. The summed E-state index contributed by atoms with van der Waals surface area (Å²) in [6, 6.07) is 5.51. The third-order valence-corrected chi connectivity index (χ3v) is 2.79. The second-order valence-electron chi connectivity index (χ2n) is 4.20. The van der Waals surface area contributed by atoms with E-state index in [1.165, 1.54) is 12.4 Å². The minimum Gasteiger partial charge on any atom is -0.454 e. The summed E-state index contributed by atoms with van der Waals surface area (Å²) in [7, 11) is 0. The number of nitrogens with one attached hydrogen (secondary N) is 1. The molecule has 1 aliphatic heterocycles. The molecule has 3 N–H and O–H groups in total. The van der Waals surface area contributed by atoms with Gasteiger partial charge in [0.05, 0.1) is 12.4 Å². The summed E-state index contributed by atoms with van der Waals surface area (Å²) < 4.78 is 10.5. The number of fused-ring (bicyclic) bond motifs is 1. The molecule has 0 unspecified atom stereocenters. The van der Waals surface area contributed by atoms with E-state index in [-0.39, 0.29) is 24.2 Å². The molecule has 1 aliphatic rings. The number of anilines is 1. The Hall–Kier alpha value is -2.83. The zero-order valence-electron chi connectivity index (χ0n) is 10.5. The first-order chi connectivity index (χ1) is 9.72. The van der Waals surface area contributed by atoms with Gasteiger partial charge in [0, 0.05) is 6.54 Å². The molecule has 0 aliphatic carbocycles. The molecular formula is C13H12N4O3. The van der Waals surface area contributed by atoms with Gasteiger partial charge in [-0.3, -0.25) is 4.79 Å². The zero-order valence-corrected chi connectivity index (χ0v) is 10.5. The van der Waals surface area contributed by atoms with E-state index >= 15 is 0 Å². The fourth-order valence-electron chi connectivity index (χ4n) is 1.78. The van der Waals surface area contributed by atoms with Gasteiger partial charge in [-0.05, 0) is 17.7 Å². The molecular weight excluding hydrogens is 260 g/mol. The number of amides is 1. The number of hydrogen-bond acceptors (Lipinski definition) is 6. The molecule has 1 amide bonds. The Balaban J connectivity index is 1.64. The molecule has 2 aromatic rings. The van der Waals surface area contributed by atoms with Gasteiger partial charge in [0.15, 0.2) is 11.5 Å². The van der Waals surface area contributed by atoms with Gasteiger partial charge >= 0.3 is 0 Å². The van der Waals surface area contributed by atoms with Crippen LogP contribution in [0.15, 0.2) is 30.6 Å². The van der Waals surface area contributed by atoms with Crippen molar-refractivity contribution >= 4 is 11.7 Å². The van der Waals surface area contributed by atoms with E-state index in [0.717, 1.165) is 5.56 Å². The molecule has 102 valence electrons. The third-order valence-electron chi connectivity index (χ3n) is 2.79. The Morgan fingerprint density at radius 2 is 2.10 bits per heavy atom. The van der Waals surface area contributed by atoms with Crippen LogP contribution in [0.2, 0.25) is 0 Å². The van der Waals surface area contributed by atoms with Gasteiger partial charge in [-0.1, -0.05) is 6.07 Å². The largest absolute Gasteiger partial charge is 0.454 e. The van der Waals surface area contributed by atoms with Gasteiger partial charge in [0.1, 0.15) is 11.5 Å². The van der Waals surface area contributed by atoms with Crippen LogP contribution in [0.1, 0.15) is 16.1 Å². The van der Waals surface area contributed by atoms with Crippen molar-refractivity contribution in [1.82, 2.24) is 15.3 Å². The summed E-state index contributed by atoms with van der Waals surface area (Å²) >= 11 is 0. The van der Waals surface area contributed by atoms with Crippen molar-refractivity contribution in [3.05, 3.63) is 41.9 Å². The molecule has 0 bridgehead atoms. The lowest BCUT2D eigenvalue weighted by Crippen LogP contribution is -2.24. The van der Waals surface area contributed by atoms with Crippen molar-refractivity contribution in [3.63, 3.8) is 0 Å². The van der Waals surface area contributed by atoms with Crippen molar-refractivity contribution < 1.29 is 14.3 Å². The van der Waals surface area contributed by atoms with Crippen molar-refractivity contribution in [1.29, 1.82) is 0 Å². The number of nitrogens with two attached hydrogens (primary N) is 1. The first-order valence-corrected chi connectivity index (χ1v) is 5.96. The maximum absolute atomic E-state index is 11.9. The fraction of sp³-hybridized carbons (Fsp3) is 0.154. The second-order valence-corrected chi connectivity index (χ2v) is 4.20. The Labute approximate surface area is 114 Å². The molecule has 0 saturated carbocycles. The molecule has 0 atom stereocenters. The van der Waals surface area contributed by atoms with E-state index in [4.69, 9.17) is 15.2 Å². The van der Waals surface area contributed by atoms with Crippen LogP contribution in [0, 0.1) is 0 Å². The van der Waals surface area contributed by atoms with Gasteiger partial charge < -0.3 is 20.5 Å². The lowest BCUT2D eigenvalue weighted by atomic mass is 10.2. The van der Waals surface area contributed by atoms with Crippen molar-refractivity contribution in [2.45, 2.75) is 6.54 Å². The number of carbonyl (C=O) groups excluding carboxylic acids is 1. The van der Waals surface area contributed by atoms with Crippen molar-refractivity contribution in [2.24, 2.45) is 0 Å². The molecule has 20 heavy (non-hydrogen) atoms. The van der Waals surface area contributed by atoms with Gasteiger partial charge in [0.2, 0.25) is 6.79 Å². The van der Waals surface area contributed by atoms with Crippen molar-refractivity contribution in [2.75, 3.05) is 12.5 Å². The summed E-state index contributed by atoms with van der Waals surface area (Å²) in [6.45, 7) is 0.591. The van der Waals surface area contributed by atoms with Gasteiger partial charge in [-0.25, -0.2) is 9.97 Å². The molecule has 0 saturated heterocycles. The highest BCUT2D eigenvalue weighted by Gasteiger charge is 2.14. The Morgan fingerprint density at radius 1 is 1.25 bits per heavy atom. The highest BCUT2D eigenvalue weighted by molar-refractivity contribution is 5.91. The lowest BCUT2D eigenvalue weighted by Gasteiger charge is -2.05. The predicted molar refractivity (Wildman–Crippen MR) is 70.2 cm³/mol. The van der Waals surface area contributed by atoms with Crippen LogP contribution in [0.3, 0.4) is 0 Å². The van der Waals surface area contributed by atoms with E-state index < -0.39 is 0 Å². The van der Waals surface area contributed by atoms with E-state index in [0.29, 0.717) is 18.0 Å².